The van der Waals surface area contributed by atoms with Crippen LogP contribution >= 0.6 is 11.3 Å². The summed E-state index contributed by atoms with van der Waals surface area (Å²) in [6, 6.07) is 11.5. The molecule has 0 aliphatic heterocycles. The lowest BCUT2D eigenvalue weighted by Gasteiger charge is -2.15. The zero-order valence-corrected chi connectivity index (χ0v) is 18.3. The Balaban J connectivity index is 1.98. The van der Waals surface area contributed by atoms with Gasteiger partial charge >= 0.3 is 0 Å². The van der Waals surface area contributed by atoms with Gasteiger partial charge in [0.25, 0.3) is 5.91 Å². The number of guanidine groups is 1. The summed E-state index contributed by atoms with van der Waals surface area (Å²) in [5.74, 6) is 0.536. The van der Waals surface area contributed by atoms with Gasteiger partial charge in [-0.25, -0.2) is 4.99 Å². The zero-order valence-electron chi connectivity index (χ0n) is 17.4. The number of nitrogens with one attached hydrogen (secondary N) is 2. The van der Waals surface area contributed by atoms with Crippen molar-refractivity contribution in [2.45, 2.75) is 13.0 Å². The van der Waals surface area contributed by atoms with Crippen LogP contribution in [0.2, 0.25) is 0 Å². The maximum absolute atomic E-state index is 12.0. The summed E-state index contributed by atoms with van der Waals surface area (Å²) in [6.45, 7) is 1.34. The summed E-state index contributed by atoms with van der Waals surface area (Å²) >= 11 is 1.72. The Hall–Kier alpha value is -2.87. The predicted molar refractivity (Wildman–Crippen MR) is 118 cm³/mol. The number of rotatable bonds is 8. The number of benzene rings is 1. The molecule has 2 N–H and O–H groups in total. The lowest BCUT2D eigenvalue weighted by molar-refractivity contribution is -0.127. The van der Waals surface area contributed by atoms with E-state index in [2.05, 4.69) is 27.1 Å². The summed E-state index contributed by atoms with van der Waals surface area (Å²) in [5.41, 5.74) is 1.63. The highest BCUT2D eigenvalue weighted by atomic mass is 32.1. The van der Waals surface area contributed by atoms with Crippen molar-refractivity contribution in [3.63, 3.8) is 0 Å². The normalized spacial score (nSPS) is 11.1. The molecule has 29 heavy (non-hydrogen) atoms. The lowest BCUT2D eigenvalue weighted by Crippen LogP contribution is -2.43. The van der Waals surface area contributed by atoms with Crippen LogP contribution in [0.1, 0.15) is 20.8 Å². The third-order valence-electron chi connectivity index (χ3n) is 4.18. The minimum atomic E-state index is -0.0279. The maximum atomic E-state index is 12.0. The van der Waals surface area contributed by atoms with E-state index in [0.717, 1.165) is 18.5 Å². The van der Waals surface area contributed by atoms with Crippen molar-refractivity contribution in [3.05, 3.63) is 57.8 Å². The van der Waals surface area contributed by atoms with Crippen LogP contribution in [-0.2, 0) is 17.8 Å². The molecule has 2 rings (SSSR count). The quantitative estimate of drug-likeness (QED) is 0.509. The smallest absolute Gasteiger partial charge is 0.253 e. The molecule has 0 radical (unpaired) electrons. The summed E-state index contributed by atoms with van der Waals surface area (Å²) in [5, 5.41) is 8.43. The monoisotopic (exact) mass is 415 g/mol. The van der Waals surface area contributed by atoms with E-state index in [0.29, 0.717) is 18.1 Å². The molecule has 1 aromatic heterocycles. The average molecular weight is 416 g/mol. The summed E-state index contributed by atoms with van der Waals surface area (Å²) in [7, 11) is 6.91. The second-order valence-electron chi connectivity index (χ2n) is 6.96. The molecule has 2 amide bonds. The Morgan fingerprint density at radius 1 is 1.00 bits per heavy atom. The van der Waals surface area contributed by atoms with Gasteiger partial charge in [0.2, 0.25) is 5.91 Å². The molecular formula is C21H29N5O2S. The molecule has 0 aliphatic rings. The van der Waals surface area contributed by atoms with Gasteiger partial charge < -0.3 is 20.4 Å². The van der Waals surface area contributed by atoms with Crippen LogP contribution in [0.15, 0.2) is 46.8 Å². The van der Waals surface area contributed by atoms with Gasteiger partial charge in [0.1, 0.15) is 0 Å². The number of hydrogen-bond donors (Lipinski definition) is 2. The first-order chi connectivity index (χ1) is 13.9. The Kier molecular flexibility index (Phi) is 8.67. The van der Waals surface area contributed by atoms with Crippen molar-refractivity contribution < 1.29 is 9.59 Å². The Bertz CT molecular complexity index is 814. The third kappa shape index (κ3) is 7.57. The first kappa shape index (κ1) is 22.4. The molecule has 0 fully saturated rings. The summed E-state index contributed by atoms with van der Waals surface area (Å²) in [6.07, 6.45) is 0.890. The van der Waals surface area contributed by atoms with Crippen molar-refractivity contribution in [1.82, 2.24) is 20.4 Å². The molecule has 7 nitrogen and oxygen atoms in total. The number of hydrogen-bond acceptors (Lipinski definition) is 4. The number of carbonyl (C=O) groups excluding carboxylic acids is 2. The highest BCUT2D eigenvalue weighted by Crippen LogP contribution is 2.09. The highest BCUT2D eigenvalue weighted by Gasteiger charge is 2.08. The summed E-state index contributed by atoms with van der Waals surface area (Å²) in [4.78, 5) is 32.8. The van der Waals surface area contributed by atoms with Crippen molar-refractivity contribution >= 4 is 29.1 Å². The van der Waals surface area contributed by atoms with E-state index < -0.39 is 0 Å². The van der Waals surface area contributed by atoms with Crippen LogP contribution in [0.25, 0.3) is 0 Å². The molecule has 1 aromatic carbocycles. The standard InChI is InChI=1S/C21H29N5O2S/c1-25(2)19(27)15-24-21(22-12-11-18-6-5-13-29-18)23-14-16-7-9-17(10-8-16)20(28)26(3)4/h5-10,13H,11-12,14-15H2,1-4H3,(H2,22,23,24). The molecule has 0 saturated heterocycles. The fourth-order valence-electron chi connectivity index (χ4n) is 2.43. The molecule has 8 heteroatoms. The van der Waals surface area contributed by atoms with Gasteiger partial charge in [-0.1, -0.05) is 18.2 Å². The van der Waals surface area contributed by atoms with Crippen molar-refractivity contribution in [2.24, 2.45) is 4.99 Å². The van der Waals surface area contributed by atoms with Crippen molar-refractivity contribution in [3.8, 4) is 0 Å². The number of carbonyl (C=O) groups is 2. The van der Waals surface area contributed by atoms with Gasteiger partial charge in [-0.05, 0) is 35.6 Å². The van der Waals surface area contributed by atoms with Crippen LogP contribution in [0.3, 0.4) is 0 Å². The van der Waals surface area contributed by atoms with Gasteiger partial charge in [-0.2, -0.15) is 0 Å². The molecule has 0 bridgehead atoms. The number of likely N-dealkylation sites (N-methyl/N-ethyl adjacent to an activating group) is 1. The minimum Gasteiger partial charge on any atom is -0.356 e. The average Bonchev–Trinajstić information content (AvgIpc) is 3.22. The first-order valence-corrected chi connectivity index (χ1v) is 10.3. The topological polar surface area (TPSA) is 77.0 Å². The van der Waals surface area contributed by atoms with Gasteiger partial charge in [-0.3, -0.25) is 9.59 Å². The summed E-state index contributed by atoms with van der Waals surface area (Å²) < 4.78 is 0. The van der Waals surface area contributed by atoms with E-state index in [1.165, 1.54) is 9.78 Å². The molecule has 0 saturated carbocycles. The molecule has 0 atom stereocenters. The van der Waals surface area contributed by atoms with Gasteiger partial charge in [0, 0.05) is 45.2 Å². The van der Waals surface area contributed by atoms with Crippen LogP contribution in [0, 0.1) is 0 Å². The van der Waals surface area contributed by atoms with Gasteiger partial charge in [0.15, 0.2) is 5.96 Å². The Morgan fingerprint density at radius 2 is 1.72 bits per heavy atom. The molecular weight excluding hydrogens is 386 g/mol. The van der Waals surface area contributed by atoms with Crippen LogP contribution in [0.5, 0.6) is 0 Å². The lowest BCUT2D eigenvalue weighted by atomic mass is 10.1. The number of aliphatic imine (C=N–C) groups is 1. The zero-order chi connectivity index (χ0) is 21.2. The predicted octanol–water partition coefficient (Wildman–Crippen LogP) is 1.82. The van der Waals surface area contributed by atoms with E-state index in [1.54, 1.807) is 56.6 Å². The Labute approximate surface area is 176 Å². The molecule has 156 valence electrons. The second-order valence-corrected chi connectivity index (χ2v) is 7.99. The van der Waals surface area contributed by atoms with Crippen LogP contribution in [-0.4, -0.2) is 68.9 Å². The van der Waals surface area contributed by atoms with Gasteiger partial charge in [0.05, 0.1) is 13.1 Å². The molecule has 0 unspecified atom stereocenters. The van der Waals surface area contributed by atoms with Crippen LogP contribution < -0.4 is 10.6 Å². The largest absolute Gasteiger partial charge is 0.356 e. The molecule has 1 heterocycles. The minimum absolute atomic E-state index is 0.0238. The SMILES string of the molecule is CN(C)C(=O)CNC(=NCc1ccc(C(=O)N(C)C)cc1)NCCc1cccs1. The highest BCUT2D eigenvalue weighted by molar-refractivity contribution is 7.09. The number of thiophene rings is 1. The van der Waals surface area contributed by atoms with Crippen LogP contribution in [0.4, 0.5) is 0 Å². The van der Waals surface area contributed by atoms with E-state index >= 15 is 0 Å². The molecule has 0 spiro atoms. The number of nitrogens with zero attached hydrogens (tertiary/aromatic N) is 3. The third-order valence-corrected chi connectivity index (χ3v) is 5.11. The first-order valence-electron chi connectivity index (χ1n) is 9.42. The van der Waals surface area contributed by atoms with E-state index in [4.69, 9.17) is 0 Å². The van der Waals surface area contributed by atoms with Crippen molar-refractivity contribution in [1.29, 1.82) is 0 Å². The maximum Gasteiger partial charge on any atom is 0.253 e. The number of amides is 2. The second kappa shape index (κ2) is 11.2. The van der Waals surface area contributed by atoms with E-state index in [-0.39, 0.29) is 18.4 Å². The fourth-order valence-corrected chi connectivity index (χ4v) is 3.14. The van der Waals surface area contributed by atoms with Gasteiger partial charge in [-0.15, -0.1) is 11.3 Å². The fraction of sp³-hybridized carbons (Fsp3) is 0.381. The Morgan fingerprint density at radius 3 is 2.31 bits per heavy atom. The molecule has 0 aliphatic carbocycles. The van der Waals surface area contributed by atoms with E-state index in [9.17, 15) is 9.59 Å². The van der Waals surface area contributed by atoms with E-state index in [1.807, 2.05) is 18.2 Å². The molecule has 2 aromatic rings. The van der Waals surface area contributed by atoms with Crippen molar-refractivity contribution in [2.75, 3.05) is 41.3 Å².